The van der Waals surface area contributed by atoms with Crippen LogP contribution in [0.2, 0.25) is 0 Å². The van der Waals surface area contributed by atoms with Crippen molar-refractivity contribution in [1.29, 1.82) is 0 Å². The Morgan fingerprint density at radius 3 is 1.09 bits per heavy atom. The molecule has 114 valence electrons. The Morgan fingerprint density at radius 1 is 0.826 bits per heavy atom. The van der Waals surface area contributed by atoms with Crippen LogP contribution in [0.25, 0.3) is 0 Å². The van der Waals surface area contributed by atoms with Crippen LogP contribution in [-0.4, -0.2) is 46.1 Å². The fourth-order valence-electron chi connectivity index (χ4n) is 0.684. The van der Waals surface area contributed by atoms with Gasteiger partial charge in [0.1, 0.15) is 5.60 Å². The zero-order chi connectivity index (χ0) is 15.1. The van der Waals surface area contributed by atoms with Gasteiger partial charge in [0.05, 0.1) is 5.97 Å². The summed E-state index contributed by atoms with van der Waals surface area (Å²) in [4.78, 5) is 30.0. The predicted molar refractivity (Wildman–Crippen MR) is 40.4 cm³/mol. The molecule has 23 heavy (non-hydrogen) atoms. The van der Waals surface area contributed by atoms with Gasteiger partial charge in [0.15, 0.2) is 0 Å². The quantitative estimate of drug-likeness (QED) is 0.187. The van der Waals surface area contributed by atoms with Gasteiger partial charge in [-0.3, -0.25) is 8.42 Å². The second kappa shape index (κ2) is 19.0. The molecule has 0 aliphatic heterocycles. The van der Waals surface area contributed by atoms with Crippen molar-refractivity contribution >= 4 is 28.3 Å². The molecular weight excluding hydrogens is 558 g/mol. The molecule has 17 heteroatoms. The summed E-state index contributed by atoms with van der Waals surface area (Å²) in [5.41, 5.74) is -2.97. The fraction of sp³-hybridized carbons (Fsp3) is 0.500. The van der Waals surface area contributed by atoms with E-state index >= 15 is 0 Å². The smallest absolute Gasteiger partial charge is 2.00 e. The zero-order valence-electron chi connectivity index (χ0n) is 11.6. The van der Waals surface area contributed by atoms with Crippen LogP contribution in [0.5, 0.6) is 0 Å². The van der Waals surface area contributed by atoms with E-state index in [9.17, 15) is 29.7 Å². The third-order valence-electron chi connectivity index (χ3n) is 1.25. The molecule has 0 aromatic heterocycles. The number of hydrogen-bond acceptors (Lipinski definition) is 11. The fourth-order valence-corrected chi connectivity index (χ4v) is 0.684. The topological polar surface area (TPSA) is 249 Å². The Balaban J connectivity index is -0.0000000455. The van der Waals surface area contributed by atoms with Crippen molar-refractivity contribution in [2.45, 2.75) is 18.4 Å². The minimum Gasteiger partial charge on any atom is -2.00 e. The first-order valence-corrected chi connectivity index (χ1v) is 5.11. The van der Waals surface area contributed by atoms with Gasteiger partial charge < -0.3 is 49.4 Å². The number of carbonyl (C=O) groups is 3. The minimum atomic E-state index is -5.17. The van der Waals surface area contributed by atoms with Gasteiger partial charge >= 0.3 is 77.9 Å². The molecule has 0 aliphatic rings. The molecule has 0 heterocycles. The van der Waals surface area contributed by atoms with Crippen LogP contribution >= 0.6 is 0 Å². The summed E-state index contributed by atoms with van der Waals surface area (Å²) < 4.78 is 34.1. The van der Waals surface area contributed by atoms with Gasteiger partial charge in [-0.05, 0) is 0 Å². The van der Waals surface area contributed by atoms with Crippen LogP contribution in [0.3, 0.4) is 0 Å². The number of rotatable bonds is 5. The maximum absolute atomic E-state index is 10.1. The Bertz CT molecular complexity index is 413. The summed E-state index contributed by atoms with van der Waals surface area (Å²) in [5, 5.41) is 38.9. The van der Waals surface area contributed by atoms with E-state index in [1.807, 2.05) is 0 Å². The summed E-state index contributed by atoms with van der Waals surface area (Å²) >= 11 is 0. The molecule has 0 saturated carbocycles. The third-order valence-corrected chi connectivity index (χ3v) is 1.25. The van der Waals surface area contributed by atoms with Gasteiger partial charge in [0.2, 0.25) is 0 Å². The van der Waals surface area contributed by atoms with E-state index in [0.717, 1.165) is 0 Å². The normalized spacial score (nSPS) is 8.65. The van der Waals surface area contributed by atoms with Gasteiger partial charge in [-0.2, -0.15) is 0 Å². The van der Waals surface area contributed by atoms with E-state index in [4.69, 9.17) is 22.6 Å². The SMILES string of the molecule is O=C([O-])CC(O)(CC(=O)[O-])C(=O)[O-].O=S(=O)([O-])[O-].[O-2].[Zn+2].[Zn+2].[Zn+2].[Zn+2]. The molecule has 0 spiro atoms. The minimum absolute atomic E-state index is 0. The van der Waals surface area contributed by atoms with E-state index in [-0.39, 0.29) is 83.4 Å². The summed E-state index contributed by atoms with van der Waals surface area (Å²) in [6, 6.07) is 0. The van der Waals surface area contributed by atoms with Crippen molar-refractivity contribution in [3.63, 3.8) is 0 Å². The standard InChI is InChI=1S/C6H8O7.H2O4S.O.4Zn/c7-3(8)1-6(13,5(11)12)2-4(9)10;1-5(2,3)4;;;;;/h13H,1-2H2,(H,7,8)(H,9,10)(H,11,12);(H2,1,2,3,4);;;;;/q;;-2;4*+2/p-5. The number of carbonyl (C=O) groups excluding carboxylic acids is 3. The van der Waals surface area contributed by atoms with Crippen molar-refractivity contribution in [2.24, 2.45) is 0 Å². The molecule has 0 radical (unpaired) electrons. The first kappa shape index (κ1) is 43.8. The summed E-state index contributed by atoms with van der Waals surface area (Å²) in [6.45, 7) is 0. The monoisotopic (exact) mass is 557 g/mol. The first-order valence-electron chi connectivity index (χ1n) is 3.78. The Kier molecular flexibility index (Phi) is 36.2. The van der Waals surface area contributed by atoms with Crippen LogP contribution in [0.15, 0.2) is 0 Å². The Morgan fingerprint density at radius 2 is 1.00 bits per heavy atom. The van der Waals surface area contributed by atoms with Gasteiger partial charge in [-0.25, -0.2) is 0 Å². The van der Waals surface area contributed by atoms with E-state index in [1.54, 1.807) is 0 Å². The number of carboxylic acid groups (broad SMARTS) is 3. The molecule has 0 bridgehead atoms. The molecule has 0 aromatic rings. The molecule has 0 saturated heterocycles. The molecule has 0 unspecified atom stereocenters. The van der Waals surface area contributed by atoms with Crippen LogP contribution in [-0.2, 0) is 108 Å². The average molecular weight is 563 g/mol. The molecule has 0 aliphatic carbocycles. The largest absolute Gasteiger partial charge is 2.00 e. The van der Waals surface area contributed by atoms with Crippen LogP contribution in [0, 0.1) is 0 Å². The average Bonchev–Trinajstić information content (AvgIpc) is 1.95. The molecule has 0 fully saturated rings. The van der Waals surface area contributed by atoms with E-state index in [1.165, 1.54) is 0 Å². The second-order valence-electron chi connectivity index (χ2n) is 2.82. The zero-order valence-corrected chi connectivity index (χ0v) is 24.3. The number of carboxylic acids is 3. The second-order valence-corrected chi connectivity index (χ2v) is 3.64. The summed E-state index contributed by atoms with van der Waals surface area (Å²) in [6.07, 6.45) is -2.72. The first-order chi connectivity index (χ1) is 7.78. The van der Waals surface area contributed by atoms with Crippen LogP contribution < -0.4 is 15.3 Å². The summed E-state index contributed by atoms with van der Waals surface area (Å²) in [7, 11) is -5.17. The van der Waals surface area contributed by atoms with E-state index in [2.05, 4.69) is 0 Å². The maximum Gasteiger partial charge on any atom is 2.00 e. The molecular formula is C6H5O12SZn4+. The molecule has 1 N–H and O–H groups in total. The summed E-state index contributed by atoms with van der Waals surface area (Å²) in [5.74, 6) is -5.98. The Labute approximate surface area is 181 Å². The molecule has 12 nitrogen and oxygen atoms in total. The Hall–Kier alpha value is 0.694. The van der Waals surface area contributed by atoms with Crippen molar-refractivity contribution in [2.75, 3.05) is 0 Å². The molecule has 0 aromatic carbocycles. The van der Waals surface area contributed by atoms with Gasteiger partial charge in [0.25, 0.3) is 0 Å². The van der Waals surface area contributed by atoms with Gasteiger partial charge in [-0.15, -0.1) is 0 Å². The van der Waals surface area contributed by atoms with Crippen LogP contribution in [0.4, 0.5) is 0 Å². The molecule has 0 atom stereocenters. The molecule has 0 amide bonds. The molecule has 0 rings (SSSR count). The van der Waals surface area contributed by atoms with Crippen molar-refractivity contribution in [1.82, 2.24) is 0 Å². The van der Waals surface area contributed by atoms with E-state index in [0.29, 0.717) is 0 Å². The van der Waals surface area contributed by atoms with Crippen molar-refractivity contribution in [3.05, 3.63) is 0 Å². The van der Waals surface area contributed by atoms with E-state index < -0.39 is 46.7 Å². The number of hydrogen-bond donors (Lipinski definition) is 1. The van der Waals surface area contributed by atoms with Crippen molar-refractivity contribution in [3.8, 4) is 0 Å². The predicted octanol–water partition coefficient (Wildman–Crippen LogP) is -6.72. The third kappa shape index (κ3) is 34.9. The van der Waals surface area contributed by atoms with Gasteiger partial charge in [0, 0.05) is 35.2 Å². The van der Waals surface area contributed by atoms with Crippen molar-refractivity contribution < 1.29 is 136 Å². The number of aliphatic hydroxyl groups is 1. The van der Waals surface area contributed by atoms with Gasteiger partial charge in [-0.1, -0.05) is 0 Å². The van der Waals surface area contributed by atoms with Crippen LogP contribution in [0.1, 0.15) is 12.8 Å². The maximum atomic E-state index is 10.1. The number of aliphatic carboxylic acids is 3.